The van der Waals surface area contributed by atoms with Crippen LogP contribution in [0.3, 0.4) is 0 Å². The minimum Gasteiger partial charge on any atom is -0.497 e. The first kappa shape index (κ1) is 18.9. The molecular formula is C19H25N5O3. The van der Waals surface area contributed by atoms with Crippen molar-refractivity contribution in [1.82, 2.24) is 15.1 Å². The molecule has 1 aliphatic rings. The van der Waals surface area contributed by atoms with Gasteiger partial charge in [0.25, 0.3) is 5.91 Å². The van der Waals surface area contributed by atoms with Gasteiger partial charge in [0.1, 0.15) is 11.5 Å². The van der Waals surface area contributed by atoms with Crippen molar-refractivity contribution in [3.05, 3.63) is 36.0 Å². The number of hydrogen-bond acceptors (Lipinski definition) is 7. The lowest BCUT2D eigenvalue weighted by Gasteiger charge is -2.34. The minimum absolute atomic E-state index is 0.254. The molecule has 1 aromatic heterocycles. The van der Waals surface area contributed by atoms with Crippen LogP contribution in [0.15, 0.2) is 30.3 Å². The van der Waals surface area contributed by atoms with E-state index in [9.17, 15) is 4.79 Å². The third-order valence-corrected chi connectivity index (χ3v) is 4.68. The minimum atomic E-state index is -0.340. The van der Waals surface area contributed by atoms with E-state index in [1.54, 1.807) is 31.4 Å². The Labute approximate surface area is 159 Å². The topological polar surface area (TPSA) is 79.8 Å². The summed E-state index contributed by atoms with van der Waals surface area (Å²) in [6.07, 6.45) is 0. The number of rotatable bonds is 6. The number of nitrogens with zero attached hydrogens (tertiary/aromatic N) is 4. The van der Waals surface area contributed by atoms with Crippen LogP contribution in [0.4, 0.5) is 11.5 Å². The van der Waals surface area contributed by atoms with E-state index in [1.165, 1.54) is 7.11 Å². The van der Waals surface area contributed by atoms with E-state index in [-0.39, 0.29) is 11.6 Å². The summed E-state index contributed by atoms with van der Waals surface area (Å²) in [5.41, 5.74) is 0.800. The van der Waals surface area contributed by atoms with Crippen LogP contribution < -0.4 is 19.7 Å². The summed E-state index contributed by atoms with van der Waals surface area (Å²) >= 11 is 0. The van der Waals surface area contributed by atoms with Gasteiger partial charge in [0.05, 0.1) is 19.9 Å². The van der Waals surface area contributed by atoms with Crippen LogP contribution >= 0.6 is 0 Å². The molecule has 1 amide bonds. The fraction of sp³-hybridized carbons (Fsp3) is 0.421. The molecule has 27 heavy (non-hydrogen) atoms. The van der Waals surface area contributed by atoms with Gasteiger partial charge in [-0.05, 0) is 30.8 Å². The zero-order valence-electron chi connectivity index (χ0n) is 15.9. The second kappa shape index (κ2) is 8.68. The highest BCUT2D eigenvalue weighted by Crippen LogP contribution is 2.29. The summed E-state index contributed by atoms with van der Waals surface area (Å²) in [5.74, 6) is 1.62. The molecule has 144 valence electrons. The van der Waals surface area contributed by atoms with Gasteiger partial charge in [-0.1, -0.05) is 6.92 Å². The van der Waals surface area contributed by atoms with Gasteiger partial charge in [-0.3, -0.25) is 4.79 Å². The van der Waals surface area contributed by atoms with Crippen molar-refractivity contribution in [1.29, 1.82) is 0 Å². The van der Waals surface area contributed by atoms with Crippen molar-refractivity contribution in [2.24, 2.45) is 0 Å². The van der Waals surface area contributed by atoms with Crippen LogP contribution in [-0.4, -0.2) is 67.9 Å². The molecule has 0 radical (unpaired) electrons. The highest BCUT2D eigenvalue weighted by Gasteiger charge is 2.18. The van der Waals surface area contributed by atoms with Crippen LogP contribution in [0.25, 0.3) is 0 Å². The normalized spacial score (nSPS) is 14.7. The molecule has 0 atom stereocenters. The lowest BCUT2D eigenvalue weighted by Crippen LogP contribution is -2.46. The number of hydrogen-bond donors (Lipinski definition) is 1. The van der Waals surface area contributed by atoms with Gasteiger partial charge < -0.3 is 24.6 Å². The molecule has 2 heterocycles. The van der Waals surface area contributed by atoms with Gasteiger partial charge in [-0.2, -0.15) is 0 Å². The number of carbonyl (C=O) groups is 1. The first-order chi connectivity index (χ1) is 13.1. The van der Waals surface area contributed by atoms with E-state index in [4.69, 9.17) is 9.47 Å². The number of aromatic nitrogens is 2. The Hall–Kier alpha value is -2.87. The summed E-state index contributed by atoms with van der Waals surface area (Å²) in [6.45, 7) is 7.08. The smallest absolute Gasteiger partial charge is 0.276 e. The molecular weight excluding hydrogens is 346 g/mol. The molecule has 0 aliphatic carbocycles. The van der Waals surface area contributed by atoms with Crippen molar-refractivity contribution in [3.8, 4) is 11.5 Å². The van der Waals surface area contributed by atoms with Gasteiger partial charge in [-0.15, -0.1) is 10.2 Å². The maximum atomic E-state index is 12.5. The highest BCUT2D eigenvalue weighted by molar-refractivity contribution is 6.03. The van der Waals surface area contributed by atoms with E-state index in [0.717, 1.165) is 38.5 Å². The summed E-state index contributed by atoms with van der Waals surface area (Å²) in [6, 6.07) is 8.72. The predicted molar refractivity (Wildman–Crippen MR) is 104 cm³/mol. The van der Waals surface area contributed by atoms with E-state index in [0.29, 0.717) is 17.2 Å². The molecule has 1 fully saturated rings. The third kappa shape index (κ3) is 4.46. The number of benzene rings is 1. The fourth-order valence-corrected chi connectivity index (χ4v) is 3.00. The first-order valence-electron chi connectivity index (χ1n) is 8.99. The van der Waals surface area contributed by atoms with Crippen LogP contribution in [0.5, 0.6) is 11.5 Å². The number of ether oxygens (including phenoxy) is 2. The second-order valence-corrected chi connectivity index (χ2v) is 6.22. The zero-order valence-corrected chi connectivity index (χ0v) is 15.9. The van der Waals surface area contributed by atoms with Crippen molar-refractivity contribution < 1.29 is 14.3 Å². The molecule has 0 spiro atoms. The van der Waals surface area contributed by atoms with Gasteiger partial charge >= 0.3 is 0 Å². The molecule has 0 unspecified atom stereocenters. The Morgan fingerprint density at radius 1 is 1.07 bits per heavy atom. The van der Waals surface area contributed by atoms with Crippen LogP contribution in [0.2, 0.25) is 0 Å². The van der Waals surface area contributed by atoms with Gasteiger partial charge in [-0.25, -0.2) is 0 Å². The van der Waals surface area contributed by atoms with E-state index < -0.39 is 0 Å². The molecule has 2 aromatic rings. The predicted octanol–water partition coefficient (Wildman–Crippen LogP) is 1.89. The standard InChI is InChI=1S/C19H25N5O3/c1-4-23-9-11-24(12-10-23)18-8-7-16(21-22-18)19(25)20-15-6-5-14(26-2)13-17(15)27-3/h5-8,13H,4,9-12H2,1-3H3,(H,20,25). The molecule has 1 saturated heterocycles. The number of anilines is 2. The molecule has 1 aromatic carbocycles. The Morgan fingerprint density at radius 2 is 1.85 bits per heavy atom. The van der Waals surface area contributed by atoms with Crippen LogP contribution in [0.1, 0.15) is 17.4 Å². The molecule has 8 heteroatoms. The second-order valence-electron chi connectivity index (χ2n) is 6.22. The number of carbonyl (C=O) groups excluding carboxylic acids is 1. The summed E-state index contributed by atoms with van der Waals surface area (Å²) in [4.78, 5) is 17.1. The maximum Gasteiger partial charge on any atom is 0.276 e. The van der Waals surface area contributed by atoms with Gasteiger partial charge in [0.2, 0.25) is 0 Å². The molecule has 3 rings (SSSR count). The van der Waals surface area contributed by atoms with Crippen LogP contribution in [-0.2, 0) is 0 Å². The number of methoxy groups -OCH3 is 2. The Morgan fingerprint density at radius 3 is 2.44 bits per heavy atom. The van der Waals surface area contributed by atoms with Gasteiger partial charge in [0.15, 0.2) is 11.5 Å². The van der Waals surface area contributed by atoms with E-state index >= 15 is 0 Å². The van der Waals surface area contributed by atoms with Crippen molar-refractivity contribution in [3.63, 3.8) is 0 Å². The molecule has 8 nitrogen and oxygen atoms in total. The van der Waals surface area contributed by atoms with Crippen molar-refractivity contribution in [2.75, 3.05) is 57.2 Å². The van der Waals surface area contributed by atoms with E-state index in [1.807, 2.05) is 6.07 Å². The third-order valence-electron chi connectivity index (χ3n) is 4.68. The van der Waals surface area contributed by atoms with Crippen molar-refractivity contribution in [2.45, 2.75) is 6.92 Å². The van der Waals surface area contributed by atoms with Gasteiger partial charge in [0, 0.05) is 32.2 Å². The van der Waals surface area contributed by atoms with Crippen molar-refractivity contribution >= 4 is 17.4 Å². The zero-order chi connectivity index (χ0) is 19.2. The first-order valence-corrected chi connectivity index (χ1v) is 8.99. The Kier molecular flexibility index (Phi) is 6.08. The van der Waals surface area contributed by atoms with Crippen LogP contribution in [0, 0.1) is 0 Å². The number of amides is 1. The van der Waals surface area contributed by atoms with E-state index in [2.05, 4.69) is 32.2 Å². The average Bonchev–Trinajstić information content (AvgIpc) is 2.74. The average molecular weight is 371 g/mol. The number of nitrogens with one attached hydrogen (secondary N) is 1. The lowest BCUT2D eigenvalue weighted by atomic mass is 10.2. The monoisotopic (exact) mass is 371 g/mol. The molecule has 1 aliphatic heterocycles. The highest BCUT2D eigenvalue weighted by atomic mass is 16.5. The Balaban J connectivity index is 1.66. The molecule has 0 bridgehead atoms. The molecule has 1 N–H and O–H groups in total. The quantitative estimate of drug-likeness (QED) is 0.830. The maximum absolute atomic E-state index is 12.5. The number of piperazine rings is 1. The SMILES string of the molecule is CCN1CCN(c2ccc(C(=O)Nc3ccc(OC)cc3OC)nn2)CC1. The molecule has 0 saturated carbocycles. The summed E-state index contributed by atoms with van der Waals surface area (Å²) in [5, 5.41) is 11.1. The summed E-state index contributed by atoms with van der Waals surface area (Å²) < 4.78 is 10.5. The fourth-order valence-electron chi connectivity index (χ4n) is 3.00. The Bertz CT molecular complexity index is 773. The number of likely N-dealkylation sites (N-methyl/N-ethyl adjacent to an activating group) is 1. The summed E-state index contributed by atoms with van der Waals surface area (Å²) in [7, 11) is 3.11. The lowest BCUT2D eigenvalue weighted by molar-refractivity contribution is 0.102. The largest absolute Gasteiger partial charge is 0.497 e.